The molecule has 1 unspecified atom stereocenters. The molecule has 1 N–H and O–H groups in total. The minimum absolute atomic E-state index is 0.185. The van der Waals surface area contributed by atoms with Gasteiger partial charge < -0.3 is 14.8 Å². The topological polar surface area (TPSA) is 54.3 Å². The van der Waals surface area contributed by atoms with Crippen LogP contribution < -0.4 is 5.32 Å². The molecule has 0 radical (unpaired) electrons. The van der Waals surface area contributed by atoms with Crippen LogP contribution in [0, 0.1) is 17.2 Å². The van der Waals surface area contributed by atoms with Gasteiger partial charge in [0.1, 0.15) is 6.04 Å². The van der Waals surface area contributed by atoms with Crippen LogP contribution in [0.5, 0.6) is 0 Å². The SMILES string of the molecule is CNC(C#N)COCC1CCOCC1. The van der Waals surface area contributed by atoms with Crippen LogP contribution in [-0.2, 0) is 9.47 Å². The number of ether oxygens (including phenoxy) is 2. The third-order valence-electron chi connectivity index (χ3n) is 2.48. The highest BCUT2D eigenvalue weighted by Gasteiger charge is 2.14. The molecule has 1 saturated heterocycles. The summed E-state index contributed by atoms with van der Waals surface area (Å²) >= 11 is 0. The Morgan fingerprint density at radius 2 is 2.29 bits per heavy atom. The summed E-state index contributed by atoms with van der Waals surface area (Å²) in [6.45, 7) is 2.93. The fourth-order valence-electron chi connectivity index (χ4n) is 1.45. The molecule has 0 aromatic carbocycles. The van der Waals surface area contributed by atoms with Crippen molar-refractivity contribution in [3.63, 3.8) is 0 Å². The molecular weight excluding hydrogens is 180 g/mol. The van der Waals surface area contributed by atoms with Crippen LogP contribution in [0.2, 0.25) is 0 Å². The van der Waals surface area contributed by atoms with Crippen molar-refractivity contribution in [2.75, 3.05) is 33.5 Å². The molecule has 0 saturated carbocycles. The van der Waals surface area contributed by atoms with Crippen LogP contribution in [0.1, 0.15) is 12.8 Å². The van der Waals surface area contributed by atoms with E-state index in [0.29, 0.717) is 12.5 Å². The minimum atomic E-state index is -0.185. The second-order valence-electron chi connectivity index (χ2n) is 3.56. The summed E-state index contributed by atoms with van der Waals surface area (Å²) in [7, 11) is 1.77. The Morgan fingerprint density at radius 1 is 1.57 bits per heavy atom. The maximum atomic E-state index is 8.65. The Balaban J connectivity index is 2.05. The van der Waals surface area contributed by atoms with E-state index in [4.69, 9.17) is 14.7 Å². The molecule has 1 fully saturated rings. The van der Waals surface area contributed by atoms with E-state index in [1.165, 1.54) is 0 Å². The molecule has 0 aromatic rings. The van der Waals surface area contributed by atoms with Gasteiger partial charge in [0.25, 0.3) is 0 Å². The van der Waals surface area contributed by atoms with Crippen molar-refractivity contribution in [3.8, 4) is 6.07 Å². The Bertz CT molecular complexity index is 185. The van der Waals surface area contributed by atoms with Gasteiger partial charge in [0.15, 0.2) is 0 Å². The number of nitrogens with one attached hydrogen (secondary N) is 1. The first kappa shape index (κ1) is 11.4. The van der Waals surface area contributed by atoms with Crippen molar-refractivity contribution < 1.29 is 9.47 Å². The normalized spacial score (nSPS) is 20.3. The van der Waals surface area contributed by atoms with Crippen LogP contribution in [0.4, 0.5) is 0 Å². The Kier molecular flexibility index (Phi) is 5.53. The minimum Gasteiger partial charge on any atom is -0.381 e. The smallest absolute Gasteiger partial charge is 0.119 e. The highest BCUT2D eigenvalue weighted by Crippen LogP contribution is 2.14. The average molecular weight is 198 g/mol. The highest BCUT2D eigenvalue weighted by atomic mass is 16.5. The summed E-state index contributed by atoms with van der Waals surface area (Å²) in [5.74, 6) is 0.611. The number of nitrogens with zero attached hydrogens (tertiary/aromatic N) is 1. The zero-order chi connectivity index (χ0) is 10.2. The van der Waals surface area contributed by atoms with Gasteiger partial charge in [-0.15, -0.1) is 0 Å². The van der Waals surface area contributed by atoms with Crippen molar-refractivity contribution in [1.82, 2.24) is 5.32 Å². The summed E-state index contributed by atoms with van der Waals surface area (Å²) in [4.78, 5) is 0. The van der Waals surface area contributed by atoms with Gasteiger partial charge in [-0.25, -0.2) is 0 Å². The molecule has 4 nitrogen and oxygen atoms in total. The lowest BCUT2D eigenvalue weighted by Crippen LogP contribution is -2.30. The van der Waals surface area contributed by atoms with E-state index in [9.17, 15) is 0 Å². The van der Waals surface area contributed by atoms with Gasteiger partial charge in [-0.2, -0.15) is 5.26 Å². The molecule has 1 aliphatic rings. The summed E-state index contributed by atoms with van der Waals surface area (Å²) < 4.78 is 10.7. The molecule has 80 valence electrons. The van der Waals surface area contributed by atoms with Crippen molar-refractivity contribution in [2.45, 2.75) is 18.9 Å². The lowest BCUT2D eigenvalue weighted by atomic mass is 10.0. The first-order valence-electron chi connectivity index (χ1n) is 5.09. The molecule has 14 heavy (non-hydrogen) atoms. The van der Waals surface area contributed by atoms with E-state index in [-0.39, 0.29) is 6.04 Å². The van der Waals surface area contributed by atoms with Gasteiger partial charge in [0.2, 0.25) is 0 Å². The first-order valence-corrected chi connectivity index (χ1v) is 5.09. The molecule has 1 rings (SSSR count). The maximum absolute atomic E-state index is 8.65. The second kappa shape index (κ2) is 6.77. The Morgan fingerprint density at radius 3 is 2.86 bits per heavy atom. The Labute approximate surface area is 85.2 Å². The van der Waals surface area contributed by atoms with Gasteiger partial charge in [0, 0.05) is 19.8 Å². The molecule has 1 atom stereocenters. The van der Waals surface area contributed by atoms with E-state index in [2.05, 4.69) is 11.4 Å². The zero-order valence-electron chi connectivity index (χ0n) is 8.66. The molecule has 1 heterocycles. The predicted octanol–water partition coefficient (Wildman–Crippen LogP) is 0.541. The fourth-order valence-corrected chi connectivity index (χ4v) is 1.45. The lowest BCUT2D eigenvalue weighted by molar-refractivity contribution is 0.0186. The van der Waals surface area contributed by atoms with Crippen LogP contribution in [0.15, 0.2) is 0 Å². The zero-order valence-corrected chi connectivity index (χ0v) is 8.66. The molecular formula is C10H18N2O2. The summed E-state index contributed by atoms with van der Waals surface area (Å²) in [6.07, 6.45) is 2.16. The lowest BCUT2D eigenvalue weighted by Gasteiger charge is -2.22. The highest BCUT2D eigenvalue weighted by molar-refractivity contribution is 4.88. The molecule has 0 bridgehead atoms. The van der Waals surface area contributed by atoms with E-state index in [1.54, 1.807) is 7.05 Å². The van der Waals surface area contributed by atoms with E-state index in [0.717, 1.165) is 32.7 Å². The van der Waals surface area contributed by atoms with E-state index in [1.807, 2.05) is 0 Å². The number of rotatable bonds is 5. The monoisotopic (exact) mass is 198 g/mol. The second-order valence-corrected chi connectivity index (χ2v) is 3.56. The largest absolute Gasteiger partial charge is 0.381 e. The van der Waals surface area contributed by atoms with Gasteiger partial charge >= 0.3 is 0 Å². The van der Waals surface area contributed by atoms with Gasteiger partial charge in [-0.1, -0.05) is 0 Å². The van der Waals surface area contributed by atoms with Crippen LogP contribution >= 0.6 is 0 Å². The molecule has 0 spiro atoms. The van der Waals surface area contributed by atoms with Gasteiger partial charge in [0.05, 0.1) is 12.7 Å². The number of likely N-dealkylation sites (N-methyl/N-ethyl adjacent to an activating group) is 1. The third kappa shape index (κ3) is 4.05. The standard InChI is InChI=1S/C10H18N2O2/c1-12-10(6-11)8-14-7-9-2-4-13-5-3-9/h9-10,12H,2-5,7-8H2,1H3. The maximum Gasteiger partial charge on any atom is 0.119 e. The number of nitriles is 1. The average Bonchev–Trinajstić information content (AvgIpc) is 2.26. The fraction of sp³-hybridized carbons (Fsp3) is 0.900. The van der Waals surface area contributed by atoms with Crippen molar-refractivity contribution >= 4 is 0 Å². The van der Waals surface area contributed by atoms with Crippen molar-refractivity contribution in [1.29, 1.82) is 5.26 Å². The van der Waals surface area contributed by atoms with Gasteiger partial charge in [-0.05, 0) is 25.8 Å². The number of hydrogen-bond donors (Lipinski definition) is 1. The quantitative estimate of drug-likeness (QED) is 0.700. The molecule has 0 aliphatic carbocycles. The van der Waals surface area contributed by atoms with E-state index >= 15 is 0 Å². The van der Waals surface area contributed by atoms with Crippen molar-refractivity contribution in [2.24, 2.45) is 5.92 Å². The summed E-state index contributed by atoms with van der Waals surface area (Å²) in [5, 5.41) is 11.5. The Hall–Kier alpha value is -0.630. The number of hydrogen-bond acceptors (Lipinski definition) is 4. The molecule has 0 amide bonds. The predicted molar refractivity (Wildman–Crippen MR) is 52.8 cm³/mol. The van der Waals surface area contributed by atoms with Crippen LogP contribution in [0.3, 0.4) is 0 Å². The van der Waals surface area contributed by atoms with Crippen LogP contribution in [0.25, 0.3) is 0 Å². The van der Waals surface area contributed by atoms with Crippen LogP contribution in [-0.4, -0.2) is 39.5 Å². The summed E-state index contributed by atoms with van der Waals surface area (Å²) in [5.41, 5.74) is 0. The van der Waals surface area contributed by atoms with Crippen molar-refractivity contribution in [3.05, 3.63) is 0 Å². The first-order chi connectivity index (χ1) is 6.86. The third-order valence-corrected chi connectivity index (χ3v) is 2.48. The van der Waals surface area contributed by atoms with E-state index < -0.39 is 0 Å². The van der Waals surface area contributed by atoms with Gasteiger partial charge in [-0.3, -0.25) is 0 Å². The summed E-state index contributed by atoms with van der Waals surface area (Å²) in [6, 6.07) is 1.94. The molecule has 1 aliphatic heterocycles. The molecule has 4 heteroatoms. The molecule has 0 aromatic heterocycles.